The summed E-state index contributed by atoms with van der Waals surface area (Å²) >= 11 is 0. The molecule has 6 heteroatoms. The summed E-state index contributed by atoms with van der Waals surface area (Å²) in [5.41, 5.74) is 2.15. The number of aldehydes is 1. The third-order valence-corrected chi connectivity index (χ3v) is 5.09. The highest BCUT2D eigenvalue weighted by Crippen LogP contribution is 2.62. The van der Waals surface area contributed by atoms with E-state index in [1.807, 2.05) is 0 Å². The van der Waals surface area contributed by atoms with E-state index in [2.05, 4.69) is 0 Å². The maximum absolute atomic E-state index is 11.9. The van der Waals surface area contributed by atoms with Crippen LogP contribution < -0.4 is 0 Å². The second-order valence-electron chi connectivity index (χ2n) is 5.92. The van der Waals surface area contributed by atoms with Gasteiger partial charge in [-0.2, -0.15) is 0 Å². The molecule has 1 aromatic carbocycles. The molecule has 6 nitrogen and oxygen atoms in total. The Morgan fingerprint density at radius 2 is 1.77 bits per heavy atom. The lowest BCUT2D eigenvalue weighted by Gasteiger charge is -2.23. The van der Waals surface area contributed by atoms with Crippen LogP contribution in [0.4, 0.5) is 0 Å². The molecule has 112 valence electrons. The summed E-state index contributed by atoms with van der Waals surface area (Å²) in [4.78, 5) is 46.8. The highest BCUT2D eigenvalue weighted by atomic mass is 16.6. The molecule has 2 fully saturated rings. The van der Waals surface area contributed by atoms with E-state index in [1.54, 1.807) is 12.1 Å². The average molecular weight is 300 g/mol. The van der Waals surface area contributed by atoms with E-state index in [0.717, 1.165) is 11.1 Å². The van der Waals surface area contributed by atoms with E-state index in [1.165, 1.54) is 7.11 Å². The Kier molecular flexibility index (Phi) is 2.55. The van der Waals surface area contributed by atoms with Crippen LogP contribution in [0.25, 0.3) is 0 Å². The Labute approximate surface area is 125 Å². The van der Waals surface area contributed by atoms with Crippen molar-refractivity contribution < 1.29 is 28.7 Å². The predicted octanol–water partition coefficient (Wildman–Crippen LogP) is 1.19. The lowest BCUT2D eigenvalue weighted by atomic mass is 9.76. The molecular weight excluding hydrogens is 288 g/mol. The van der Waals surface area contributed by atoms with Gasteiger partial charge < -0.3 is 9.47 Å². The molecule has 1 saturated carbocycles. The van der Waals surface area contributed by atoms with Crippen molar-refractivity contribution in [2.24, 2.45) is 11.8 Å². The number of fused-ring (bicyclic) bond motifs is 8. The first kappa shape index (κ1) is 13.2. The van der Waals surface area contributed by atoms with Crippen molar-refractivity contribution in [1.29, 1.82) is 0 Å². The summed E-state index contributed by atoms with van der Waals surface area (Å²) in [6, 6.07) is 3.27. The van der Waals surface area contributed by atoms with Gasteiger partial charge in [-0.25, -0.2) is 4.79 Å². The van der Waals surface area contributed by atoms with Gasteiger partial charge in [-0.15, -0.1) is 0 Å². The predicted molar refractivity (Wildman–Crippen MR) is 71.3 cm³/mol. The minimum atomic E-state index is -0.589. The normalized spacial score (nSPS) is 30.8. The Bertz CT molecular complexity index is 749. The fraction of sp³-hybridized carbons (Fsp3) is 0.375. The van der Waals surface area contributed by atoms with Crippen molar-refractivity contribution in [3.63, 3.8) is 0 Å². The number of hydrogen-bond donors (Lipinski definition) is 0. The van der Waals surface area contributed by atoms with Gasteiger partial charge in [0.25, 0.3) is 0 Å². The smallest absolute Gasteiger partial charge is 0.338 e. The number of carbonyl (C=O) groups excluding carboxylic acids is 4. The molecule has 3 aliphatic rings. The zero-order chi connectivity index (χ0) is 15.6. The van der Waals surface area contributed by atoms with E-state index < -0.39 is 29.7 Å². The molecule has 2 bridgehead atoms. The van der Waals surface area contributed by atoms with Gasteiger partial charge in [0.05, 0.1) is 24.5 Å². The summed E-state index contributed by atoms with van der Waals surface area (Å²) in [5, 5.41) is 0. The first-order chi connectivity index (χ1) is 10.6. The molecule has 4 rings (SSSR count). The molecule has 4 unspecified atom stereocenters. The van der Waals surface area contributed by atoms with E-state index in [0.29, 0.717) is 12.7 Å². The molecule has 0 N–H and O–H groups in total. The maximum atomic E-state index is 11.9. The van der Waals surface area contributed by atoms with Crippen molar-refractivity contribution >= 4 is 24.2 Å². The Hall–Kier alpha value is -2.50. The van der Waals surface area contributed by atoms with E-state index in [4.69, 9.17) is 9.47 Å². The number of methoxy groups -OCH3 is 1. The molecule has 1 aliphatic heterocycles. The number of hydrogen-bond acceptors (Lipinski definition) is 6. The molecule has 1 saturated heterocycles. The summed E-state index contributed by atoms with van der Waals surface area (Å²) in [5.74, 6) is -2.70. The molecule has 0 radical (unpaired) electrons. The Balaban J connectivity index is 1.88. The number of cyclic esters (lactones) is 2. The number of rotatable bonds is 2. The third-order valence-electron chi connectivity index (χ3n) is 5.09. The van der Waals surface area contributed by atoms with Crippen LogP contribution in [0.5, 0.6) is 0 Å². The van der Waals surface area contributed by atoms with Crippen LogP contribution in [0, 0.1) is 11.8 Å². The van der Waals surface area contributed by atoms with Gasteiger partial charge in [0.2, 0.25) is 0 Å². The highest BCUT2D eigenvalue weighted by Gasteiger charge is 2.62. The second kappa shape index (κ2) is 4.25. The lowest BCUT2D eigenvalue weighted by molar-refractivity contribution is -0.154. The topological polar surface area (TPSA) is 86.7 Å². The van der Waals surface area contributed by atoms with Crippen molar-refractivity contribution in [3.8, 4) is 0 Å². The zero-order valence-electron chi connectivity index (χ0n) is 11.7. The third kappa shape index (κ3) is 1.44. The second-order valence-corrected chi connectivity index (χ2v) is 5.92. The summed E-state index contributed by atoms with van der Waals surface area (Å²) < 4.78 is 9.46. The first-order valence-corrected chi connectivity index (χ1v) is 7.03. The van der Waals surface area contributed by atoms with Crippen LogP contribution >= 0.6 is 0 Å². The molecule has 1 heterocycles. The van der Waals surface area contributed by atoms with Gasteiger partial charge in [0, 0.05) is 5.56 Å². The SMILES string of the molecule is COC(=O)c1cc2c(cc1C=O)C1CC2C2C(=O)OC(=O)C12. The fourth-order valence-electron chi connectivity index (χ4n) is 4.24. The highest BCUT2D eigenvalue weighted by molar-refractivity contribution is 6.01. The van der Waals surface area contributed by atoms with Crippen LogP contribution in [0.15, 0.2) is 12.1 Å². The van der Waals surface area contributed by atoms with Crippen molar-refractivity contribution in [3.05, 3.63) is 34.4 Å². The van der Waals surface area contributed by atoms with Crippen LogP contribution in [-0.2, 0) is 19.1 Å². The van der Waals surface area contributed by atoms with Crippen molar-refractivity contribution in [1.82, 2.24) is 0 Å². The summed E-state index contributed by atoms with van der Waals surface area (Å²) in [6.45, 7) is 0. The van der Waals surface area contributed by atoms with Crippen molar-refractivity contribution in [2.75, 3.05) is 7.11 Å². The standard InChI is InChI=1S/C16H12O6/c1-21-14(18)7-3-9-8(2-6(7)5-17)10-4-11(9)13-12(10)15(19)22-16(13)20/h2-3,5,10-13H,4H2,1H3. The Morgan fingerprint density at radius 1 is 1.18 bits per heavy atom. The molecular formula is C16H12O6. The summed E-state index contributed by atoms with van der Waals surface area (Å²) in [6.07, 6.45) is 1.28. The van der Waals surface area contributed by atoms with E-state index in [-0.39, 0.29) is 23.0 Å². The lowest BCUT2D eigenvalue weighted by Crippen LogP contribution is -2.24. The number of ether oxygens (including phenoxy) is 2. The zero-order valence-corrected chi connectivity index (χ0v) is 11.7. The number of benzene rings is 1. The monoisotopic (exact) mass is 300 g/mol. The van der Waals surface area contributed by atoms with Gasteiger partial charge in [-0.3, -0.25) is 14.4 Å². The quantitative estimate of drug-likeness (QED) is 0.463. The van der Waals surface area contributed by atoms with Gasteiger partial charge >= 0.3 is 17.9 Å². The average Bonchev–Trinajstić information content (AvgIpc) is 3.16. The van der Waals surface area contributed by atoms with Gasteiger partial charge in [-0.1, -0.05) is 0 Å². The minimum Gasteiger partial charge on any atom is -0.465 e. The van der Waals surface area contributed by atoms with Gasteiger partial charge in [-0.05, 0) is 41.5 Å². The first-order valence-electron chi connectivity index (χ1n) is 7.03. The molecule has 0 aromatic heterocycles. The molecule has 4 atom stereocenters. The molecule has 0 amide bonds. The van der Waals surface area contributed by atoms with Crippen molar-refractivity contribution in [2.45, 2.75) is 18.3 Å². The summed E-state index contributed by atoms with van der Waals surface area (Å²) in [7, 11) is 1.25. The number of carbonyl (C=O) groups is 4. The number of esters is 3. The van der Waals surface area contributed by atoms with Crippen LogP contribution in [0.3, 0.4) is 0 Å². The molecule has 2 aliphatic carbocycles. The van der Waals surface area contributed by atoms with Gasteiger partial charge in [0.15, 0.2) is 6.29 Å². The molecule has 22 heavy (non-hydrogen) atoms. The van der Waals surface area contributed by atoms with E-state index in [9.17, 15) is 19.2 Å². The van der Waals surface area contributed by atoms with Crippen LogP contribution in [0.2, 0.25) is 0 Å². The fourth-order valence-corrected chi connectivity index (χ4v) is 4.24. The minimum absolute atomic E-state index is 0.116. The van der Waals surface area contributed by atoms with E-state index >= 15 is 0 Å². The maximum Gasteiger partial charge on any atom is 0.338 e. The molecule has 1 aromatic rings. The largest absolute Gasteiger partial charge is 0.465 e. The van der Waals surface area contributed by atoms with Crippen LogP contribution in [-0.4, -0.2) is 31.3 Å². The molecule has 0 spiro atoms. The van der Waals surface area contributed by atoms with Gasteiger partial charge in [0.1, 0.15) is 0 Å². The van der Waals surface area contributed by atoms with Crippen LogP contribution in [0.1, 0.15) is 50.1 Å². The Morgan fingerprint density at radius 3 is 2.32 bits per heavy atom.